The summed E-state index contributed by atoms with van der Waals surface area (Å²) in [6, 6.07) is 4.28. The monoisotopic (exact) mass is 414 g/mol. The van der Waals surface area contributed by atoms with Crippen LogP contribution in [-0.4, -0.2) is 33.3 Å². The zero-order valence-corrected chi connectivity index (χ0v) is 16.8. The number of nitrogens with zero attached hydrogens (tertiary/aromatic N) is 3. The highest BCUT2D eigenvalue weighted by molar-refractivity contribution is 7.20. The van der Waals surface area contributed by atoms with Crippen molar-refractivity contribution in [1.82, 2.24) is 14.5 Å². The predicted molar refractivity (Wildman–Crippen MR) is 107 cm³/mol. The molecule has 1 atom stereocenters. The van der Waals surface area contributed by atoms with Gasteiger partial charge in [0.2, 0.25) is 5.91 Å². The lowest BCUT2D eigenvalue weighted by Gasteiger charge is -2.26. The van der Waals surface area contributed by atoms with Crippen molar-refractivity contribution in [1.29, 1.82) is 0 Å². The average molecular weight is 414 g/mol. The summed E-state index contributed by atoms with van der Waals surface area (Å²) >= 11 is 1.13. The average Bonchev–Trinajstić information content (AvgIpc) is 3.26. The van der Waals surface area contributed by atoms with E-state index in [2.05, 4.69) is 4.98 Å². The fourth-order valence-corrected chi connectivity index (χ4v) is 4.99. The zero-order chi connectivity index (χ0) is 20.9. The van der Waals surface area contributed by atoms with Gasteiger partial charge in [0.05, 0.1) is 10.3 Å². The molecule has 2 aromatic heterocycles. The Kier molecular flexibility index (Phi) is 4.70. The van der Waals surface area contributed by atoms with Crippen molar-refractivity contribution in [3.63, 3.8) is 0 Å². The summed E-state index contributed by atoms with van der Waals surface area (Å²) < 4.78 is 15.3. The van der Waals surface area contributed by atoms with Gasteiger partial charge in [-0.05, 0) is 36.6 Å². The number of aryl methyl sites for hydroxylation is 2. The van der Waals surface area contributed by atoms with Gasteiger partial charge in [0.25, 0.3) is 11.5 Å². The summed E-state index contributed by atoms with van der Waals surface area (Å²) in [6.07, 6.45) is 1.61. The van der Waals surface area contributed by atoms with Crippen molar-refractivity contribution >= 4 is 33.4 Å². The molecule has 1 unspecified atom stereocenters. The molecule has 2 N–H and O–H groups in total. The second-order valence-electron chi connectivity index (χ2n) is 7.10. The van der Waals surface area contributed by atoms with E-state index in [9.17, 15) is 18.8 Å². The Morgan fingerprint density at radius 2 is 2.14 bits per heavy atom. The minimum Gasteiger partial charge on any atom is -0.368 e. The molecule has 7 nitrogen and oxygen atoms in total. The maximum absolute atomic E-state index is 13.6. The van der Waals surface area contributed by atoms with Crippen LogP contribution >= 0.6 is 11.3 Å². The highest BCUT2D eigenvalue weighted by atomic mass is 32.1. The minimum absolute atomic E-state index is 0.144. The molecule has 3 heterocycles. The van der Waals surface area contributed by atoms with E-state index in [0.29, 0.717) is 27.2 Å². The number of thiophene rings is 1. The number of hydrogen-bond donors (Lipinski definition) is 1. The number of hydrogen-bond acceptors (Lipinski definition) is 5. The van der Waals surface area contributed by atoms with Gasteiger partial charge in [-0.3, -0.25) is 19.0 Å². The van der Waals surface area contributed by atoms with Crippen molar-refractivity contribution in [2.75, 3.05) is 7.05 Å². The van der Waals surface area contributed by atoms with Crippen LogP contribution in [0, 0.1) is 12.7 Å². The molecule has 0 bridgehead atoms. The molecule has 2 amide bonds. The van der Waals surface area contributed by atoms with E-state index in [4.69, 9.17) is 5.73 Å². The first-order valence-electron chi connectivity index (χ1n) is 9.14. The Morgan fingerprint density at radius 1 is 1.38 bits per heavy atom. The third-order valence-corrected chi connectivity index (χ3v) is 6.42. The molecular formula is C20H19FN4O3S. The van der Waals surface area contributed by atoms with E-state index in [-0.39, 0.29) is 11.1 Å². The zero-order valence-electron chi connectivity index (χ0n) is 15.9. The van der Waals surface area contributed by atoms with Gasteiger partial charge in [-0.1, -0.05) is 12.1 Å². The van der Waals surface area contributed by atoms with Gasteiger partial charge in [0.1, 0.15) is 22.5 Å². The maximum atomic E-state index is 13.6. The van der Waals surface area contributed by atoms with Crippen molar-refractivity contribution in [2.45, 2.75) is 32.4 Å². The van der Waals surface area contributed by atoms with Gasteiger partial charge in [-0.25, -0.2) is 9.37 Å². The number of amides is 2. The van der Waals surface area contributed by atoms with Crippen LogP contribution < -0.4 is 11.3 Å². The van der Waals surface area contributed by atoms with E-state index in [1.165, 1.54) is 30.1 Å². The largest absolute Gasteiger partial charge is 0.368 e. The van der Waals surface area contributed by atoms with Crippen molar-refractivity contribution in [3.05, 3.63) is 62.3 Å². The fourth-order valence-electron chi connectivity index (χ4n) is 3.81. The first kappa shape index (κ1) is 19.3. The molecule has 9 heteroatoms. The third kappa shape index (κ3) is 3.11. The second-order valence-corrected chi connectivity index (χ2v) is 8.10. The summed E-state index contributed by atoms with van der Waals surface area (Å²) in [5, 5.41) is 0.429. The van der Waals surface area contributed by atoms with Gasteiger partial charge in [0.15, 0.2) is 0 Å². The number of likely N-dealkylation sites (N-methyl/N-ethyl adjacent to an activating group) is 1. The van der Waals surface area contributed by atoms with Crippen LogP contribution in [0.5, 0.6) is 0 Å². The van der Waals surface area contributed by atoms with Gasteiger partial charge in [-0.2, -0.15) is 0 Å². The molecule has 0 saturated carbocycles. The van der Waals surface area contributed by atoms with Crippen LogP contribution in [0.4, 0.5) is 4.39 Å². The molecule has 0 saturated heterocycles. The number of halogens is 1. The van der Waals surface area contributed by atoms with Gasteiger partial charge in [0, 0.05) is 20.0 Å². The molecule has 1 aromatic carbocycles. The Bertz CT molecular complexity index is 1220. The second kappa shape index (κ2) is 7.07. The van der Waals surface area contributed by atoms with Crippen LogP contribution in [0.15, 0.2) is 29.1 Å². The fraction of sp³-hybridized carbons (Fsp3) is 0.300. The number of fused-ring (bicyclic) bond motifs is 2. The van der Waals surface area contributed by atoms with E-state index >= 15 is 0 Å². The van der Waals surface area contributed by atoms with E-state index in [0.717, 1.165) is 30.0 Å². The molecule has 150 valence electrons. The standard InChI is InChI=1S/C20H19FN4O3S/c1-10-14-18(23-13-7-4-8-25(13)19(14)27)29-16(10)20(28)24(2)15(17(22)26)11-5-3-6-12(21)9-11/h3,5-6,9,15H,4,7-8H2,1-2H3,(H2,22,26). The molecule has 0 spiro atoms. The van der Waals surface area contributed by atoms with Crippen LogP contribution in [0.2, 0.25) is 0 Å². The first-order chi connectivity index (χ1) is 13.8. The van der Waals surface area contributed by atoms with Crippen molar-refractivity contribution < 1.29 is 14.0 Å². The van der Waals surface area contributed by atoms with Crippen molar-refractivity contribution in [2.24, 2.45) is 5.73 Å². The highest BCUT2D eigenvalue weighted by Gasteiger charge is 2.31. The van der Waals surface area contributed by atoms with Crippen LogP contribution in [-0.2, 0) is 17.8 Å². The molecule has 0 radical (unpaired) electrons. The third-order valence-electron chi connectivity index (χ3n) is 5.25. The van der Waals surface area contributed by atoms with Gasteiger partial charge in [-0.15, -0.1) is 11.3 Å². The Hall–Kier alpha value is -3.07. The number of carbonyl (C=O) groups is 2. The summed E-state index contributed by atoms with van der Waals surface area (Å²) in [4.78, 5) is 44.7. The number of nitrogens with two attached hydrogens (primary N) is 1. The smallest absolute Gasteiger partial charge is 0.264 e. The number of primary amides is 1. The summed E-state index contributed by atoms with van der Waals surface area (Å²) in [5.74, 6) is -1.05. The molecule has 1 aliphatic rings. The minimum atomic E-state index is -1.14. The Morgan fingerprint density at radius 3 is 2.83 bits per heavy atom. The van der Waals surface area contributed by atoms with Gasteiger partial charge < -0.3 is 10.6 Å². The Balaban J connectivity index is 1.78. The molecule has 0 fully saturated rings. The lowest BCUT2D eigenvalue weighted by Crippen LogP contribution is -2.39. The molecule has 4 rings (SSSR count). The summed E-state index contributed by atoms with van der Waals surface area (Å²) in [5.41, 5.74) is 6.19. The molecule has 3 aromatic rings. The quantitative estimate of drug-likeness (QED) is 0.707. The number of aromatic nitrogens is 2. The van der Waals surface area contributed by atoms with Gasteiger partial charge >= 0.3 is 0 Å². The lowest BCUT2D eigenvalue weighted by atomic mass is 10.0. The van der Waals surface area contributed by atoms with Crippen LogP contribution in [0.3, 0.4) is 0 Å². The van der Waals surface area contributed by atoms with E-state index in [1.54, 1.807) is 17.6 Å². The highest BCUT2D eigenvalue weighted by Crippen LogP contribution is 2.31. The molecule has 1 aliphatic heterocycles. The number of carbonyl (C=O) groups excluding carboxylic acids is 2. The van der Waals surface area contributed by atoms with Crippen LogP contribution in [0.1, 0.15) is 39.1 Å². The molecular weight excluding hydrogens is 395 g/mol. The SMILES string of the molecule is Cc1c(C(=O)N(C)C(C(N)=O)c2cccc(F)c2)sc2nc3n(c(=O)c12)CCC3. The predicted octanol–water partition coefficient (Wildman–Crippen LogP) is 2.15. The summed E-state index contributed by atoms with van der Waals surface area (Å²) in [7, 11) is 1.44. The summed E-state index contributed by atoms with van der Waals surface area (Å²) in [6.45, 7) is 2.32. The normalized spacial score (nSPS) is 14.0. The topological polar surface area (TPSA) is 98.3 Å². The van der Waals surface area contributed by atoms with E-state index in [1.807, 2.05) is 0 Å². The molecule has 0 aliphatic carbocycles. The number of rotatable bonds is 4. The van der Waals surface area contributed by atoms with E-state index < -0.39 is 23.7 Å². The van der Waals surface area contributed by atoms with Crippen molar-refractivity contribution in [3.8, 4) is 0 Å². The Labute approximate surface area is 169 Å². The molecule has 29 heavy (non-hydrogen) atoms. The van der Waals surface area contributed by atoms with Crippen LogP contribution in [0.25, 0.3) is 10.2 Å². The number of benzene rings is 1. The first-order valence-corrected chi connectivity index (χ1v) is 9.96. The lowest BCUT2D eigenvalue weighted by molar-refractivity contribution is -0.122. The maximum Gasteiger partial charge on any atom is 0.264 e.